The molecule has 0 spiro atoms. The van der Waals surface area contributed by atoms with Crippen LogP contribution in [0, 0.1) is 0 Å². The molecular formula is C20H22BrN3O2S2. The molecule has 0 radical (unpaired) electrons. The highest BCUT2D eigenvalue weighted by Gasteiger charge is 2.19. The largest absolute Gasteiger partial charge is 0.444 e. The lowest BCUT2D eigenvalue weighted by atomic mass is 9.94. The van der Waals surface area contributed by atoms with Gasteiger partial charge in [-0.2, -0.15) is 0 Å². The van der Waals surface area contributed by atoms with Crippen LogP contribution in [-0.2, 0) is 27.7 Å². The highest BCUT2D eigenvalue weighted by molar-refractivity contribution is 9.08. The normalized spacial score (nSPS) is 11.6. The van der Waals surface area contributed by atoms with Crippen LogP contribution < -0.4 is 5.32 Å². The zero-order chi connectivity index (χ0) is 20.1. The molecule has 1 amide bonds. The molecule has 8 heteroatoms. The fourth-order valence-electron chi connectivity index (χ4n) is 2.34. The van der Waals surface area contributed by atoms with Gasteiger partial charge < -0.3 is 9.73 Å². The van der Waals surface area contributed by atoms with Crippen LogP contribution >= 0.6 is 39.0 Å². The van der Waals surface area contributed by atoms with Gasteiger partial charge >= 0.3 is 0 Å². The van der Waals surface area contributed by atoms with Gasteiger partial charge in [0, 0.05) is 10.7 Å². The molecule has 0 aliphatic heterocycles. The molecule has 0 bridgehead atoms. The summed E-state index contributed by atoms with van der Waals surface area (Å²) in [5, 5.41) is 4.28. The first-order valence-electron chi connectivity index (χ1n) is 8.81. The van der Waals surface area contributed by atoms with E-state index >= 15 is 0 Å². The molecular weight excluding hydrogens is 458 g/mol. The van der Waals surface area contributed by atoms with Crippen molar-refractivity contribution in [1.29, 1.82) is 0 Å². The molecule has 3 aromatic rings. The number of thioether (sulfide) groups is 1. The fourth-order valence-corrected chi connectivity index (χ4v) is 4.45. The highest BCUT2D eigenvalue weighted by Crippen LogP contribution is 2.31. The number of halogens is 1. The van der Waals surface area contributed by atoms with Crippen molar-refractivity contribution >= 4 is 50.1 Å². The van der Waals surface area contributed by atoms with Gasteiger partial charge in [-0.05, 0) is 11.1 Å². The number of carbonyl (C=O) groups is 1. The standard InChI is InChI=1S/C20H22BrN3O2S2/c1-20(2,3)15-10-22-17(26-15)12-27-18-11-23-19(28-18)24-16(25)8-13-4-6-14(9-21)7-5-13/h4-7,10-11H,8-9,12H2,1-3H3,(H,23,24,25). The first-order valence-corrected chi connectivity index (χ1v) is 11.7. The predicted molar refractivity (Wildman–Crippen MR) is 118 cm³/mol. The molecule has 5 nitrogen and oxygen atoms in total. The van der Waals surface area contributed by atoms with Crippen molar-refractivity contribution in [1.82, 2.24) is 9.97 Å². The van der Waals surface area contributed by atoms with Crippen LogP contribution in [0.25, 0.3) is 0 Å². The molecule has 0 atom stereocenters. The van der Waals surface area contributed by atoms with Gasteiger partial charge in [0.15, 0.2) is 5.13 Å². The molecule has 0 unspecified atom stereocenters. The smallest absolute Gasteiger partial charge is 0.230 e. The number of thiazole rings is 1. The van der Waals surface area contributed by atoms with Crippen molar-refractivity contribution in [3.63, 3.8) is 0 Å². The lowest BCUT2D eigenvalue weighted by molar-refractivity contribution is -0.115. The van der Waals surface area contributed by atoms with E-state index in [4.69, 9.17) is 4.42 Å². The number of carbonyl (C=O) groups excluding carboxylic acids is 1. The molecule has 3 rings (SSSR count). The van der Waals surface area contributed by atoms with Crippen molar-refractivity contribution in [2.24, 2.45) is 0 Å². The van der Waals surface area contributed by atoms with Crippen LogP contribution in [0.15, 0.2) is 45.3 Å². The van der Waals surface area contributed by atoms with Crippen LogP contribution in [0.1, 0.15) is 43.5 Å². The maximum absolute atomic E-state index is 12.2. The van der Waals surface area contributed by atoms with E-state index in [1.165, 1.54) is 16.9 Å². The first kappa shape index (κ1) is 21.1. The second kappa shape index (κ2) is 9.24. The van der Waals surface area contributed by atoms with Gasteiger partial charge in [0.1, 0.15) is 5.76 Å². The fraction of sp³-hybridized carbons (Fsp3) is 0.350. The van der Waals surface area contributed by atoms with Gasteiger partial charge in [0.2, 0.25) is 11.8 Å². The average Bonchev–Trinajstić information content (AvgIpc) is 3.29. The number of hydrogen-bond acceptors (Lipinski definition) is 6. The number of aromatic nitrogens is 2. The number of benzene rings is 1. The monoisotopic (exact) mass is 479 g/mol. The Morgan fingerprint density at radius 2 is 1.89 bits per heavy atom. The van der Waals surface area contributed by atoms with Crippen molar-refractivity contribution in [3.8, 4) is 0 Å². The second-order valence-electron chi connectivity index (χ2n) is 7.32. The molecule has 0 saturated carbocycles. The van der Waals surface area contributed by atoms with Gasteiger partial charge in [-0.1, -0.05) is 72.3 Å². The summed E-state index contributed by atoms with van der Waals surface area (Å²) in [4.78, 5) is 20.9. The number of nitrogens with one attached hydrogen (secondary N) is 1. The Balaban J connectivity index is 1.50. The van der Waals surface area contributed by atoms with E-state index < -0.39 is 0 Å². The molecule has 0 saturated heterocycles. The van der Waals surface area contributed by atoms with E-state index in [2.05, 4.69) is 52.0 Å². The molecule has 0 aliphatic carbocycles. The molecule has 148 valence electrons. The van der Waals surface area contributed by atoms with Gasteiger partial charge in [-0.25, -0.2) is 9.97 Å². The van der Waals surface area contributed by atoms with Crippen LogP contribution in [0.4, 0.5) is 5.13 Å². The summed E-state index contributed by atoms with van der Waals surface area (Å²) in [5.41, 5.74) is 2.12. The molecule has 1 aromatic carbocycles. The lowest BCUT2D eigenvalue weighted by Crippen LogP contribution is -2.14. The lowest BCUT2D eigenvalue weighted by Gasteiger charge is -2.12. The number of anilines is 1. The SMILES string of the molecule is CC(C)(C)c1cnc(CSc2cnc(NC(=O)Cc3ccc(CBr)cc3)s2)o1. The van der Waals surface area contributed by atoms with Gasteiger partial charge in [-0.3, -0.25) is 4.79 Å². The maximum Gasteiger partial charge on any atom is 0.230 e. The predicted octanol–water partition coefficient (Wildman–Crippen LogP) is 5.80. The molecule has 28 heavy (non-hydrogen) atoms. The quantitative estimate of drug-likeness (QED) is 0.342. The number of alkyl halides is 1. The molecule has 0 fully saturated rings. The summed E-state index contributed by atoms with van der Waals surface area (Å²) >= 11 is 6.47. The van der Waals surface area contributed by atoms with E-state index in [9.17, 15) is 4.79 Å². The molecule has 0 aliphatic rings. The second-order valence-corrected chi connectivity index (χ2v) is 10.2. The topological polar surface area (TPSA) is 68.0 Å². The van der Waals surface area contributed by atoms with E-state index in [0.717, 1.165) is 20.9 Å². The van der Waals surface area contributed by atoms with Crippen molar-refractivity contribution in [2.75, 3.05) is 5.32 Å². The van der Waals surface area contributed by atoms with Gasteiger partial charge in [0.25, 0.3) is 0 Å². The van der Waals surface area contributed by atoms with Gasteiger partial charge in [0.05, 0.1) is 28.8 Å². The number of nitrogens with zero attached hydrogens (tertiary/aromatic N) is 2. The van der Waals surface area contributed by atoms with E-state index in [0.29, 0.717) is 23.2 Å². The summed E-state index contributed by atoms with van der Waals surface area (Å²) in [6.45, 7) is 6.29. The summed E-state index contributed by atoms with van der Waals surface area (Å²) in [7, 11) is 0. The Morgan fingerprint density at radius 3 is 2.54 bits per heavy atom. The Morgan fingerprint density at radius 1 is 1.18 bits per heavy atom. The number of oxazole rings is 1. The highest BCUT2D eigenvalue weighted by atomic mass is 79.9. The Kier molecular flexibility index (Phi) is 6.95. The number of hydrogen-bond donors (Lipinski definition) is 1. The summed E-state index contributed by atoms with van der Waals surface area (Å²) < 4.78 is 6.81. The van der Waals surface area contributed by atoms with E-state index in [-0.39, 0.29) is 11.3 Å². The minimum atomic E-state index is -0.0694. The third kappa shape index (κ3) is 5.93. The van der Waals surface area contributed by atoms with Gasteiger partial charge in [-0.15, -0.1) is 11.8 Å². The number of rotatable bonds is 7. The van der Waals surface area contributed by atoms with Crippen LogP contribution in [-0.4, -0.2) is 15.9 Å². The minimum Gasteiger partial charge on any atom is -0.444 e. The minimum absolute atomic E-state index is 0.0492. The third-order valence-electron chi connectivity index (χ3n) is 3.90. The van der Waals surface area contributed by atoms with Crippen LogP contribution in [0.5, 0.6) is 0 Å². The third-order valence-corrected chi connectivity index (χ3v) is 6.64. The van der Waals surface area contributed by atoms with Crippen LogP contribution in [0.2, 0.25) is 0 Å². The van der Waals surface area contributed by atoms with E-state index in [1.807, 2.05) is 24.3 Å². The zero-order valence-corrected chi connectivity index (χ0v) is 19.2. The van der Waals surface area contributed by atoms with Crippen molar-refractivity contribution < 1.29 is 9.21 Å². The zero-order valence-electron chi connectivity index (χ0n) is 16.0. The first-order chi connectivity index (χ1) is 13.3. The Bertz CT molecular complexity index is 930. The Labute approximate surface area is 181 Å². The molecule has 1 N–H and O–H groups in total. The summed E-state index contributed by atoms with van der Waals surface area (Å²) in [6, 6.07) is 7.98. The summed E-state index contributed by atoms with van der Waals surface area (Å²) in [6.07, 6.45) is 3.89. The number of amides is 1. The molecule has 2 aromatic heterocycles. The van der Waals surface area contributed by atoms with Crippen molar-refractivity contribution in [3.05, 3.63) is 59.4 Å². The van der Waals surface area contributed by atoms with Crippen LogP contribution in [0.3, 0.4) is 0 Å². The van der Waals surface area contributed by atoms with E-state index in [1.54, 1.807) is 24.2 Å². The maximum atomic E-state index is 12.2. The average molecular weight is 480 g/mol. The summed E-state index contributed by atoms with van der Waals surface area (Å²) in [5.74, 6) is 2.14. The van der Waals surface area contributed by atoms with Crippen molar-refractivity contribution in [2.45, 2.75) is 47.9 Å². The Hall–Kier alpha value is -1.64. The molecule has 2 heterocycles.